The van der Waals surface area contributed by atoms with Crippen molar-refractivity contribution in [3.05, 3.63) is 35.4 Å². The van der Waals surface area contributed by atoms with Gasteiger partial charge >= 0.3 is 0 Å². The number of benzene rings is 1. The molecule has 1 aliphatic heterocycles. The highest BCUT2D eigenvalue weighted by Crippen LogP contribution is 2.09. The van der Waals surface area contributed by atoms with Gasteiger partial charge in [0, 0.05) is 52.4 Å². The van der Waals surface area contributed by atoms with Crippen LogP contribution in [0.15, 0.2) is 29.3 Å². The highest BCUT2D eigenvalue weighted by molar-refractivity contribution is 5.79. The van der Waals surface area contributed by atoms with Crippen molar-refractivity contribution in [1.29, 1.82) is 0 Å². The number of likely N-dealkylation sites (N-methyl/N-ethyl adjacent to an activating group) is 1. The standard InChI is InChI=1S/C19H33N5/c1-5-16(2)22-19(20-3)21-14-17-6-8-18(9-7-17)15-24-12-10-23(4)11-13-24/h6-9,16H,5,10-15H2,1-4H3,(H2,20,21,22). The lowest BCUT2D eigenvalue weighted by Crippen LogP contribution is -2.43. The van der Waals surface area contributed by atoms with Crippen LogP contribution in [0.5, 0.6) is 0 Å². The Bertz CT molecular complexity index is 503. The lowest BCUT2D eigenvalue weighted by Gasteiger charge is -2.32. The number of rotatable bonds is 6. The molecule has 1 heterocycles. The summed E-state index contributed by atoms with van der Waals surface area (Å²) in [4.78, 5) is 9.20. The summed E-state index contributed by atoms with van der Waals surface area (Å²) in [5, 5.41) is 6.76. The van der Waals surface area contributed by atoms with E-state index in [1.807, 2.05) is 7.05 Å². The van der Waals surface area contributed by atoms with Crippen LogP contribution in [0.25, 0.3) is 0 Å². The first-order chi connectivity index (χ1) is 11.6. The molecule has 24 heavy (non-hydrogen) atoms. The van der Waals surface area contributed by atoms with E-state index in [0.717, 1.165) is 38.6 Å². The van der Waals surface area contributed by atoms with Gasteiger partial charge in [0.2, 0.25) is 0 Å². The Morgan fingerprint density at radius 2 is 1.75 bits per heavy atom. The van der Waals surface area contributed by atoms with Gasteiger partial charge in [-0.2, -0.15) is 0 Å². The fraction of sp³-hybridized carbons (Fsp3) is 0.632. The number of piperazine rings is 1. The molecule has 0 bridgehead atoms. The Kier molecular flexibility index (Phi) is 7.53. The molecule has 1 aromatic carbocycles. The average Bonchev–Trinajstić information content (AvgIpc) is 2.61. The van der Waals surface area contributed by atoms with Gasteiger partial charge in [0.15, 0.2) is 5.96 Å². The molecular weight excluding hydrogens is 298 g/mol. The Morgan fingerprint density at radius 3 is 2.33 bits per heavy atom. The highest BCUT2D eigenvalue weighted by atomic mass is 15.2. The van der Waals surface area contributed by atoms with Crippen LogP contribution >= 0.6 is 0 Å². The molecule has 2 N–H and O–H groups in total. The Balaban J connectivity index is 1.79. The molecule has 1 fully saturated rings. The van der Waals surface area contributed by atoms with Gasteiger partial charge in [-0.05, 0) is 31.5 Å². The zero-order chi connectivity index (χ0) is 17.4. The summed E-state index contributed by atoms with van der Waals surface area (Å²) >= 11 is 0. The minimum absolute atomic E-state index is 0.433. The number of nitrogens with zero attached hydrogens (tertiary/aromatic N) is 3. The number of aliphatic imine (C=N–C) groups is 1. The van der Waals surface area contributed by atoms with Gasteiger partial charge in [-0.15, -0.1) is 0 Å². The van der Waals surface area contributed by atoms with Crippen LogP contribution in [0, 0.1) is 0 Å². The maximum atomic E-state index is 4.28. The zero-order valence-electron chi connectivity index (χ0n) is 15.7. The molecule has 1 saturated heterocycles. The summed E-state index contributed by atoms with van der Waals surface area (Å²) in [6, 6.07) is 9.37. The normalized spacial score (nSPS) is 18.4. The summed E-state index contributed by atoms with van der Waals surface area (Å²) in [6.45, 7) is 10.9. The molecule has 1 atom stereocenters. The first-order valence-corrected chi connectivity index (χ1v) is 9.06. The fourth-order valence-electron chi connectivity index (χ4n) is 2.74. The molecule has 1 unspecified atom stereocenters. The van der Waals surface area contributed by atoms with Crippen LogP contribution in [0.4, 0.5) is 0 Å². The van der Waals surface area contributed by atoms with E-state index < -0.39 is 0 Å². The Morgan fingerprint density at radius 1 is 1.12 bits per heavy atom. The molecule has 0 saturated carbocycles. The van der Waals surface area contributed by atoms with Crippen LogP contribution in [0.2, 0.25) is 0 Å². The topological polar surface area (TPSA) is 42.9 Å². The van der Waals surface area contributed by atoms with Crippen LogP contribution in [0.1, 0.15) is 31.4 Å². The highest BCUT2D eigenvalue weighted by Gasteiger charge is 2.13. The molecule has 1 aliphatic rings. The summed E-state index contributed by atoms with van der Waals surface area (Å²) < 4.78 is 0. The smallest absolute Gasteiger partial charge is 0.191 e. The second kappa shape index (κ2) is 9.64. The Labute approximate surface area is 147 Å². The van der Waals surface area contributed by atoms with Crippen LogP contribution < -0.4 is 10.6 Å². The van der Waals surface area contributed by atoms with Gasteiger partial charge in [0.05, 0.1) is 0 Å². The molecule has 1 aromatic rings. The van der Waals surface area contributed by atoms with Gasteiger partial charge in [-0.25, -0.2) is 0 Å². The first-order valence-electron chi connectivity index (χ1n) is 9.06. The molecule has 0 amide bonds. The third-order valence-electron chi connectivity index (χ3n) is 4.70. The number of hydrogen-bond acceptors (Lipinski definition) is 3. The zero-order valence-corrected chi connectivity index (χ0v) is 15.7. The van der Waals surface area contributed by atoms with Crippen molar-refractivity contribution >= 4 is 5.96 Å². The van der Waals surface area contributed by atoms with E-state index >= 15 is 0 Å². The monoisotopic (exact) mass is 331 g/mol. The molecule has 2 rings (SSSR count). The second-order valence-electron chi connectivity index (χ2n) is 6.78. The van der Waals surface area contributed by atoms with E-state index in [1.54, 1.807) is 0 Å². The molecule has 5 heteroatoms. The fourth-order valence-corrected chi connectivity index (χ4v) is 2.74. The molecular formula is C19H33N5. The van der Waals surface area contributed by atoms with Crippen molar-refractivity contribution in [3.63, 3.8) is 0 Å². The van der Waals surface area contributed by atoms with Crippen LogP contribution in [-0.2, 0) is 13.1 Å². The minimum Gasteiger partial charge on any atom is -0.354 e. The second-order valence-corrected chi connectivity index (χ2v) is 6.78. The summed E-state index contributed by atoms with van der Waals surface area (Å²) in [7, 11) is 4.01. The molecule has 0 aromatic heterocycles. The molecule has 0 spiro atoms. The Hall–Kier alpha value is -1.59. The largest absolute Gasteiger partial charge is 0.354 e. The van der Waals surface area contributed by atoms with E-state index in [2.05, 4.69) is 70.6 Å². The lowest BCUT2D eigenvalue weighted by atomic mass is 10.1. The van der Waals surface area contributed by atoms with Crippen molar-refractivity contribution in [2.45, 2.75) is 39.4 Å². The van der Waals surface area contributed by atoms with Crippen LogP contribution in [0.3, 0.4) is 0 Å². The number of nitrogens with one attached hydrogen (secondary N) is 2. The summed E-state index contributed by atoms with van der Waals surface area (Å²) in [5.41, 5.74) is 2.68. The van der Waals surface area contributed by atoms with E-state index in [4.69, 9.17) is 0 Å². The van der Waals surface area contributed by atoms with Crippen molar-refractivity contribution < 1.29 is 0 Å². The molecule has 134 valence electrons. The van der Waals surface area contributed by atoms with E-state index in [1.165, 1.54) is 24.2 Å². The lowest BCUT2D eigenvalue weighted by molar-refractivity contribution is 0.148. The minimum atomic E-state index is 0.433. The van der Waals surface area contributed by atoms with Gasteiger partial charge in [0.1, 0.15) is 0 Å². The van der Waals surface area contributed by atoms with E-state index in [0.29, 0.717) is 6.04 Å². The van der Waals surface area contributed by atoms with Gasteiger partial charge in [0.25, 0.3) is 0 Å². The third kappa shape index (κ3) is 6.13. The molecule has 0 aliphatic carbocycles. The van der Waals surface area contributed by atoms with Gasteiger partial charge in [-0.3, -0.25) is 9.89 Å². The summed E-state index contributed by atoms with van der Waals surface area (Å²) in [5.74, 6) is 0.867. The van der Waals surface area contributed by atoms with Crippen molar-refractivity contribution in [2.75, 3.05) is 40.3 Å². The molecule has 0 radical (unpaired) electrons. The SMILES string of the molecule is CCC(C)NC(=NC)NCc1ccc(CN2CCN(C)CC2)cc1. The number of hydrogen-bond donors (Lipinski definition) is 2. The predicted molar refractivity (Wildman–Crippen MR) is 102 cm³/mol. The number of guanidine groups is 1. The third-order valence-corrected chi connectivity index (χ3v) is 4.70. The predicted octanol–water partition coefficient (Wildman–Crippen LogP) is 1.90. The van der Waals surface area contributed by atoms with Gasteiger partial charge in [-0.1, -0.05) is 31.2 Å². The van der Waals surface area contributed by atoms with Crippen molar-refractivity contribution in [2.24, 2.45) is 4.99 Å². The first kappa shape index (κ1) is 18.7. The van der Waals surface area contributed by atoms with E-state index in [9.17, 15) is 0 Å². The van der Waals surface area contributed by atoms with Crippen molar-refractivity contribution in [3.8, 4) is 0 Å². The maximum absolute atomic E-state index is 4.28. The van der Waals surface area contributed by atoms with Gasteiger partial charge < -0.3 is 15.5 Å². The van der Waals surface area contributed by atoms with Crippen molar-refractivity contribution in [1.82, 2.24) is 20.4 Å². The average molecular weight is 332 g/mol. The quantitative estimate of drug-likeness (QED) is 0.617. The molecule has 5 nitrogen and oxygen atoms in total. The maximum Gasteiger partial charge on any atom is 0.191 e. The van der Waals surface area contributed by atoms with Crippen LogP contribution in [-0.4, -0.2) is 62.1 Å². The van der Waals surface area contributed by atoms with E-state index in [-0.39, 0.29) is 0 Å². The summed E-state index contributed by atoms with van der Waals surface area (Å²) in [6.07, 6.45) is 1.09.